The van der Waals surface area contributed by atoms with Gasteiger partial charge in [0.15, 0.2) is 0 Å². The molecule has 0 fully saturated rings. The summed E-state index contributed by atoms with van der Waals surface area (Å²) in [6, 6.07) is 8.16. The first-order chi connectivity index (χ1) is 9.06. The second-order valence-electron chi connectivity index (χ2n) is 4.70. The number of rotatable bonds is 5. The van der Waals surface area contributed by atoms with Gasteiger partial charge in [-0.1, -0.05) is 6.07 Å². The molecule has 0 saturated carbocycles. The molecular formula is C15H17F2NS. The van der Waals surface area contributed by atoms with Gasteiger partial charge in [0.1, 0.15) is 11.6 Å². The molecule has 1 aromatic carbocycles. The summed E-state index contributed by atoms with van der Waals surface area (Å²) in [5, 5.41) is 3.29. The Hall–Kier alpha value is -1.26. The van der Waals surface area contributed by atoms with Crippen LogP contribution in [0.4, 0.5) is 8.78 Å². The van der Waals surface area contributed by atoms with E-state index in [9.17, 15) is 8.78 Å². The van der Waals surface area contributed by atoms with Crippen LogP contribution in [0.15, 0.2) is 30.3 Å². The summed E-state index contributed by atoms with van der Waals surface area (Å²) in [4.78, 5) is 2.50. The zero-order valence-corrected chi connectivity index (χ0v) is 11.9. The average Bonchev–Trinajstić information content (AvgIpc) is 2.77. The van der Waals surface area contributed by atoms with Crippen LogP contribution >= 0.6 is 11.3 Å². The maximum atomic E-state index is 13.5. The molecule has 1 heterocycles. The van der Waals surface area contributed by atoms with Gasteiger partial charge in [0.2, 0.25) is 0 Å². The second kappa shape index (κ2) is 6.26. The van der Waals surface area contributed by atoms with E-state index in [1.165, 1.54) is 28.0 Å². The molecule has 0 aliphatic heterocycles. The second-order valence-corrected chi connectivity index (χ2v) is 6.07. The fourth-order valence-electron chi connectivity index (χ4n) is 1.96. The first-order valence-electron chi connectivity index (χ1n) is 6.28. The van der Waals surface area contributed by atoms with E-state index in [0.29, 0.717) is 6.42 Å². The minimum Gasteiger partial charge on any atom is -0.309 e. The van der Waals surface area contributed by atoms with Gasteiger partial charge in [-0.05, 0) is 44.5 Å². The Bertz CT molecular complexity index is 531. The highest BCUT2D eigenvalue weighted by molar-refractivity contribution is 7.11. The van der Waals surface area contributed by atoms with Crippen LogP contribution in [-0.2, 0) is 13.0 Å². The highest BCUT2D eigenvalue weighted by Gasteiger charge is 2.12. The third-order valence-electron chi connectivity index (χ3n) is 2.99. The first-order valence-corrected chi connectivity index (χ1v) is 7.09. The smallest absolute Gasteiger partial charge is 0.129 e. The summed E-state index contributed by atoms with van der Waals surface area (Å²) in [6.07, 6.45) is 0.350. The maximum absolute atomic E-state index is 13.5. The summed E-state index contributed by atoms with van der Waals surface area (Å²) in [6.45, 7) is 4.73. The lowest BCUT2D eigenvalue weighted by Gasteiger charge is -2.14. The SMILES string of the molecule is Cc1ccc(CNC(C)Cc2c(F)cccc2F)s1. The Morgan fingerprint density at radius 2 is 1.84 bits per heavy atom. The molecule has 1 nitrogen and oxygen atoms in total. The standard InChI is InChI=1S/C15H17F2NS/c1-10(18-9-12-7-6-11(2)19-12)8-13-14(16)4-3-5-15(13)17/h3-7,10,18H,8-9H2,1-2H3. The van der Waals surface area contributed by atoms with Crippen molar-refractivity contribution in [1.82, 2.24) is 5.32 Å². The molecule has 1 atom stereocenters. The maximum Gasteiger partial charge on any atom is 0.129 e. The highest BCUT2D eigenvalue weighted by atomic mass is 32.1. The van der Waals surface area contributed by atoms with Gasteiger partial charge in [-0.2, -0.15) is 0 Å². The van der Waals surface area contributed by atoms with E-state index in [1.54, 1.807) is 11.3 Å². The Kier molecular flexibility index (Phi) is 4.66. The predicted octanol–water partition coefficient (Wildman–Crippen LogP) is 4.06. The lowest BCUT2D eigenvalue weighted by molar-refractivity contribution is 0.501. The van der Waals surface area contributed by atoms with Gasteiger partial charge in [0.25, 0.3) is 0 Å². The molecule has 1 aromatic heterocycles. The summed E-state index contributed by atoms with van der Waals surface area (Å²) >= 11 is 1.73. The van der Waals surface area contributed by atoms with E-state index in [-0.39, 0.29) is 11.6 Å². The van der Waals surface area contributed by atoms with E-state index >= 15 is 0 Å². The van der Waals surface area contributed by atoms with Crippen molar-refractivity contribution in [1.29, 1.82) is 0 Å². The van der Waals surface area contributed by atoms with Crippen LogP contribution in [0.2, 0.25) is 0 Å². The largest absolute Gasteiger partial charge is 0.309 e. The van der Waals surface area contributed by atoms with Crippen molar-refractivity contribution in [3.05, 3.63) is 57.3 Å². The zero-order chi connectivity index (χ0) is 13.8. The average molecular weight is 281 g/mol. The van der Waals surface area contributed by atoms with Crippen molar-refractivity contribution in [3.8, 4) is 0 Å². The topological polar surface area (TPSA) is 12.0 Å². The molecule has 1 unspecified atom stereocenters. The fraction of sp³-hybridized carbons (Fsp3) is 0.333. The lowest BCUT2D eigenvalue weighted by Crippen LogP contribution is -2.28. The van der Waals surface area contributed by atoms with Crippen LogP contribution in [0.5, 0.6) is 0 Å². The molecule has 19 heavy (non-hydrogen) atoms. The molecule has 2 aromatic rings. The molecule has 102 valence electrons. The number of nitrogens with one attached hydrogen (secondary N) is 1. The Labute approximate surface area is 116 Å². The van der Waals surface area contributed by atoms with Crippen LogP contribution in [0.3, 0.4) is 0 Å². The third kappa shape index (κ3) is 3.85. The van der Waals surface area contributed by atoms with Crippen molar-refractivity contribution in [2.24, 2.45) is 0 Å². The molecule has 0 saturated heterocycles. The molecule has 0 amide bonds. The monoisotopic (exact) mass is 281 g/mol. The summed E-state index contributed by atoms with van der Waals surface area (Å²) in [5.74, 6) is -0.943. The lowest BCUT2D eigenvalue weighted by atomic mass is 10.1. The van der Waals surface area contributed by atoms with Crippen LogP contribution in [-0.4, -0.2) is 6.04 Å². The van der Waals surface area contributed by atoms with Gasteiger partial charge in [0, 0.05) is 27.9 Å². The number of benzene rings is 1. The number of thiophene rings is 1. The summed E-state index contributed by atoms with van der Waals surface area (Å²) in [5.41, 5.74) is 0.157. The van der Waals surface area contributed by atoms with Crippen molar-refractivity contribution in [3.63, 3.8) is 0 Å². The molecule has 0 bridgehead atoms. The number of hydrogen-bond donors (Lipinski definition) is 1. The first kappa shape index (κ1) is 14.2. The van der Waals surface area contributed by atoms with Crippen molar-refractivity contribution in [2.75, 3.05) is 0 Å². The molecule has 4 heteroatoms. The van der Waals surface area contributed by atoms with E-state index < -0.39 is 11.6 Å². The number of hydrogen-bond acceptors (Lipinski definition) is 2. The van der Waals surface area contributed by atoms with E-state index in [0.717, 1.165) is 6.54 Å². The van der Waals surface area contributed by atoms with Crippen LogP contribution in [0, 0.1) is 18.6 Å². The minimum atomic E-state index is -0.472. The van der Waals surface area contributed by atoms with Crippen LogP contribution in [0.1, 0.15) is 22.2 Å². The van der Waals surface area contributed by atoms with E-state index in [2.05, 4.69) is 24.4 Å². The highest BCUT2D eigenvalue weighted by Crippen LogP contribution is 2.16. The van der Waals surface area contributed by atoms with Gasteiger partial charge >= 0.3 is 0 Å². The molecule has 0 aliphatic rings. The minimum absolute atomic E-state index is 0.0220. The van der Waals surface area contributed by atoms with Gasteiger partial charge in [-0.15, -0.1) is 11.3 Å². The fourth-order valence-corrected chi connectivity index (χ4v) is 2.80. The van der Waals surface area contributed by atoms with Gasteiger partial charge < -0.3 is 5.32 Å². The Balaban J connectivity index is 1.92. The normalized spacial score (nSPS) is 12.6. The summed E-state index contributed by atoms with van der Waals surface area (Å²) < 4.78 is 27.0. The quantitative estimate of drug-likeness (QED) is 0.871. The predicted molar refractivity (Wildman–Crippen MR) is 75.4 cm³/mol. The van der Waals surface area contributed by atoms with Gasteiger partial charge in [-0.3, -0.25) is 0 Å². The zero-order valence-electron chi connectivity index (χ0n) is 11.0. The molecular weight excluding hydrogens is 264 g/mol. The van der Waals surface area contributed by atoms with Crippen LogP contribution in [0.25, 0.3) is 0 Å². The van der Waals surface area contributed by atoms with Gasteiger partial charge in [-0.25, -0.2) is 8.78 Å². The molecule has 0 radical (unpaired) electrons. The molecule has 2 rings (SSSR count). The Morgan fingerprint density at radius 1 is 1.16 bits per heavy atom. The number of aryl methyl sites for hydroxylation is 1. The van der Waals surface area contributed by atoms with Crippen molar-refractivity contribution in [2.45, 2.75) is 32.9 Å². The molecule has 0 spiro atoms. The van der Waals surface area contributed by atoms with Crippen molar-refractivity contribution >= 4 is 11.3 Å². The molecule has 1 N–H and O–H groups in total. The molecule has 0 aliphatic carbocycles. The van der Waals surface area contributed by atoms with E-state index in [1.807, 2.05) is 6.92 Å². The Morgan fingerprint density at radius 3 is 2.42 bits per heavy atom. The number of halogens is 2. The van der Waals surface area contributed by atoms with Crippen LogP contribution < -0.4 is 5.32 Å². The van der Waals surface area contributed by atoms with Crippen molar-refractivity contribution < 1.29 is 8.78 Å². The summed E-state index contributed by atoms with van der Waals surface area (Å²) in [7, 11) is 0. The van der Waals surface area contributed by atoms with E-state index in [4.69, 9.17) is 0 Å². The van der Waals surface area contributed by atoms with Gasteiger partial charge in [0.05, 0.1) is 0 Å². The third-order valence-corrected chi connectivity index (χ3v) is 3.99.